The van der Waals surface area contributed by atoms with Gasteiger partial charge in [0.25, 0.3) is 0 Å². The molecule has 1 aromatic rings. The molecule has 2 unspecified atom stereocenters. The first-order valence-corrected chi connectivity index (χ1v) is 6.17. The molecule has 1 aromatic carbocycles. The molecule has 0 aliphatic heterocycles. The predicted octanol–water partition coefficient (Wildman–Crippen LogP) is 1.56. The minimum absolute atomic E-state index is 0.224. The van der Waals surface area contributed by atoms with Crippen molar-refractivity contribution in [2.75, 3.05) is 7.11 Å². The number of benzene rings is 1. The summed E-state index contributed by atoms with van der Waals surface area (Å²) in [6.45, 7) is 2.08. The smallest absolute Gasteiger partial charge is 0.305 e. The summed E-state index contributed by atoms with van der Waals surface area (Å²) in [6.07, 6.45) is 0.844. The number of aliphatic hydroxyl groups excluding tert-OH is 1. The van der Waals surface area contributed by atoms with Gasteiger partial charge in [0.1, 0.15) is 0 Å². The predicted molar refractivity (Wildman–Crippen MR) is 70.0 cm³/mol. The van der Waals surface area contributed by atoms with Gasteiger partial charge in [-0.1, -0.05) is 31.2 Å². The molecule has 0 aliphatic rings. The molecule has 4 heteroatoms. The topological polar surface area (TPSA) is 72.5 Å². The van der Waals surface area contributed by atoms with Gasteiger partial charge in [-0.3, -0.25) is 4.79 Å². The molecule has 0 radical (unpaired) electrons. The zero-order valence-corrected chi connectivity index (χ0v) is 10.9. The molecule has 0 heterocycles. The highest BCUT2D eigenvalue weighted by molar-refractivity contribution is 5.69. The highest BCUT2D eigenvalue weighted by Crippen LogP contribution is 2.19. The zero-order chi connectivity index (χ0) is 13.5. The second kappa shape index (κ2) is 7.13. The van der Waals surface area contributed by atoms with Crippen molar-refractivity contribution in [2.45, 2.75) is 38.3 Å². The van der Waals surface area contributed by atoms with Gasteiger partial charge < -0.3 is 15.6 Å². The van der Waals surface area contributed by atoms with Crippen LogP contribution in [-0.4, -0.2) is 24.2 Å². The lowest BCUT2D eigenvalue weighted by Gasteiger charge is -2.19. The lowest BCUT2D eigenvalue weighted by molar-refractivity contribution is -0.140. The van der Waals surface area contributed by atoms with E-state index < -0.39 is 12.1 Å². The van der Waals surface area contributed by atoms with Gasteiger partial charge in [0.15, 0.2) is 0 Å². The van der Waals surface area contributed by atoms with E-state index in [4.69, 9.17) is 5.73 Å². The summed E-state index contributed by atoms with van der Waals surface area (Å²) in [4.78, 5) is 11.0. The van der Waals surface area contributed by atoms with Crippen LogP contribution in [0.2, 0.25) is 0 Å². The van der Waals surface area contributed by atoms with E-state index in [-0.39, 0.29) is 12.4 Å². The average Bonchev–Trinajstić information content (AvgIpc) is 2.43. The van der Waals surface area contributed by atoms with Crippen LogP contribution < -0.4 is 5.73 Å². The molecular weight excluding hydrogens is 230 g/mol. The Morgan fingerprint density at radius 2 is 2.00 bits per heavy atom. The van der Waals surface area contributed by atoms with Crippen molar-refractivity contribution in [3.05, 3.63) is 35.4 Å². The minimum Gasteiger partial charge on any atom is -0.469 e. The van der Waals surface area contributed by atoms with Crippen LogP contribution in [0.15, 0.2) is 24.3 Å². The molecule has 4 nitrogen and oxygen atoms in total. The third kappa shape index (κ3) is 4.13. The second-order valence-electron chi connectivity index (χ2n) is 4.32. The molecule has 0 aromatic heterocycles. The molecule has 100 valence electrons. The van der Waals surface area contributed by atoms with E-state index in [0.717, 1.165) is 12.0 Å². The fraction of sp³-hybridized carbons (Fsp3) is 0.500. The van der Waals surface area contributed by atoms with Gasteiger partial charge in [0.05, 0.1) is 13.2 Å². The van der Waals surface area contributed by atoms with Gasteiger partial charge in [0.2, 0.25) is 0 Å². The standard InChI is InChI=1S/C14H21NO3/c1-3-10-4-6-11(7-5-10)14(17)12(15)8-9-13(16)18-2/h4-7,12,14,17H,3,8-9,15H2,1-2H3. The molecule has 0 saturated heterocycles. The Morgan fingerprint density at radius 3 is 2.50 bits per heavy atom. The van der Waals surface area contributed by atoms with E-state index in [2.05, 4.69) is 11.7 Å². The molecule has 0 spiro atoms. The largest absolute Gasteiger partial charge is 0.469 e. The molecule has 2 atom stereocenters. The summed E-state index contributed by atoms with van der Waals surface area (Å²) in [5.74, 6) is -0.306. The average molecular weight is 251 g/mol. The summed E-state index contributed by atoms with van der Waals surface area (Å²) in [6, 6.07) is 7.25. The van der Waals surface area contributed by atoms with E-state index in [1.807, 2.05) is 24.3 Å². The summed E-state index contributed by atoms with van der Waals surface area (Å²) in [5.41, 5.74) is 7.86. The second-order valence-corrected chi connectivity index (χ2v) is 4.32. The van der Waals surface area contributed by atoms with Crippen molar-refractivity contribution >= 4 is 5.97 Å². The molecule has 0 bridgehead atoms. The van der Waals surface area contributed by atoms with Gasteiger partial charge >= 0.3 is 5.97 Å². The van der Waals surface area contributed by atoms with Gasteiger partial charge in [-0.05, 0) is 24.0 Å². The number of esters is 1. The first-order chi connectivity index (χ1) is 8.58. The lowest BCUT2D eigenvalue weighted by atomic mass is 9.98. The number of ether oxygens (including phenoxy) is 1. The Morgan fingerprint density at radius 1 is 1.39 bits per heavy atom. The van der Waals surface area contributed by atoms with E-state index in [0.29, 0.717) is 6.42 Å². The molecule has 0 saturated carbocycles. The maximum Gasteiger partial charge on any atom is 0.305 e. The maximum absolute atomic E-state index is 11.0. The molecular formula is C14H21NO3. The fourth-order valence-corrected chi connectivity index (χ4v) is 1.74. The Bertz CT molecular complexity index is 375. The number of carbonyl (C=O) groups is 1. The third-order valence-electron chi connectivity index (χ3n) is 3.04. The van der Waals surface area contributed by atoms with E-state index in [1.54, 1.807) is 0 Å². The van der Waals surface area contributed by atoms with Crippen LogP contribution in [0.3, 0.4) is 0 Å². The van der Waals surface area contributed by atoms with E-state index in [1.165, 1.54) is 12.7 Å². The number of hydrogen-bond acceptors (Lipinski definition) is 4. The lowest BCUT2D eigenvalue weighted by Crippen LogP contribution is -2.29. The number of aryl methyl sites for hydroxylation is 1. The normalized spacial score (nSPS) is 14.0. The van der Waals surface area contributed by atoms with Crippen LogP contribution in [0, 0.1) is 0 Å². The van der Waals surface area contributed by atoms with E-state index >= 15 is 0 Å². The van der Waals surface area contributed by atoms with Crippen molar-refractivity contribution < 1.29 is 14.6 Å². The van der Waals surface area contributed by atoms with Gasteiger partial charge in [-0.25, -0.2) is 0 Å². The summed E-state index contributed by atoms with van der Waals surface area (Å²) in [5, 5.41) is 10.1. The van der Waals surface area contributed by atoms with Gasteiger partial charge in [0, 0.05) is 12.5 Å². The quantitative estimate of drug-likeness (QED) is 0.753. The van der Waals surface area contributed by atoms with Crippen molar-refractivity contribution in [3.8, 4) is 0 Å². The highest BCUT2D eigenvalue weighted by Gasteiger charge is 2.18. The van der Waals surface area contributed by atoms with Crippen molar-refractivity contribution in [1.82, 2.24) is 0 Å². The first kappa shape index (κ1) is 14.7. The number of carbonyl (C=O) groups excluding carboxylic acids is 1. The summed E-state index contributed by atoms with van der Waals surface area (Å²) >= 11 is 0. The molecule has 1 rings (SSSR count). The van der Waals surface area contributed by atoms with Gasteiger partial charge in [-0.2, -0.15) is 0 Å². The maximum atomic E-state index is 11.0. The Hall–Kier alpha value is -1.39. The number of aliphatic hydroxyl groups is 1. The molecule has 3 N–H and O–H groups in total. The number of rotatable bonds is 6. The monoisotopic (exact) mass is 251 g/mol. The van der Waals surface area contributed by atoms with Crippen molar-refractivity contribution in [3.63, 3.8) is 0 Å². The van der Waals surface area contributed by atoms with Crippen LogP contribution >= 0.6 is 0 Å². The highest BCUT2D eigenvalue weighted by atomic mass is 16.5. The van der Waals surface area contributed by atoms with Crippen LogP contribution in [0.25, 0.3) is 0 Å². The van der Waals surface area contributed by atoms with Crippen LogP contribution in [0.4, 0.5) is 0 Å². The Labute approximate surface area is 108 Å². The van der Waals surface area contributed by atoms with Crippen LogP contribution in [0.1, 0.15) is 37.0 Å². The van der Waals surface area contributed by atoms with Gasteiger partial charge in [-0.15, -0.1) is 0 Å². The van der Waals surface area contributed by atoms with E-state index in [9.17, 15) is 9.90 Å². The van der Waals surface area contributed by atoms with Crippen LogP contribution in [0.5, 0.6) is 0 Å². The fourth-order valence-electron chi connectivity index (χ4n) is 1.74. The molecule has 0 amide bonds. The Balaban J connectivity index is 2.56. The molecule has 0 fully saturated rings. The summed E-state index contributed by atoms with van der Waals surface area (Å²) < 4.78 is 4.54. The zero-order valence-electron chi connectivity index (χ0n) is 10.9. The molecule has 18 heavy (non-hydrogen) atoms. The third-order valence-corrected chi connectivity index (χ3v) is 3.04. The minimum atomic E-state index is -0.749. The molecule has 0 aliphatic carbocycles. The number of methoxy groups -OCH3 is 1. The van der Waals surface area contributed by atoms with Crippen molar-refractivity contribution in [1.29, 1.82) is 0 Å². The number of hydrogen-bond donors (Lipinski definition) is 2. The summed E-state index contributed by atoms with van der Waals surface area (Å²) in [7, 11) is 1.34. The Kier molecular flexibility index (Phi) is 5.82. The van der Waals surface area contributed by atoms with Crippen LogP contribution in [-0.2, 0) is 16.0 Å². The first-order valence-electron chi connectivity index (χ1n) is 6.17. The van der Waals surface area contributed by atoms with Crippen molar-refractivity contribution in [2.24, 2.45) is 5.73 Å². The SMILES string of the molecule is CCc1ccc(C(O)C(N)CCC(=O)OC)cc1. The number of nitrogens with two attached hydrogens (primary N) is 1.